The number of nitrogens with one attached hydrogen (secondary N) is 2. The van der Waals surface area contributed by atoms with Crippen LogP contribution in [0.2, 0.25) is 0 Å². The highest BCUT2D eigenvalue weighted by Gasteiger charge is 2.53. The van der Waals surface area contributed by atoms with Crippen LogP contribution in [-0.4, -0.2) is 65.9 Å². The highest BCUT2D eigenvalue weighted by Crippen LogP contribution is 2.44. The minimum absolute atomic E-state index is 0.327. The number of aliphatic hydroxyl groups is 3. The third-order valence-corrected chi connectivity index (χ3v) is 5.33. The zero-order valence-corrected chi connectivity index (χ0v) is 14.9. The molecule has 5 N–H and O–H groups in total. The van der Waals surface area contributed by atoms with Crippen molar-refractivity contribution in [2.24, 2.45) is 0 Å². The Morgan fingerprint density at radius 3 is 2.69 bits per heavy atom. The number of aliphatic hydroxyl groups excluding tert-OH is 2. The molecule has 10 heteroatoms. The normalized spacial score (nSPS) is 29.0. The summed E-state index contributed by atoms with van der Waals surface area (Å²) in [5.41, 5.74) is -0.771. The number of ether oxygens (including phenoxy) is 1. The van der Waals surface area contributed by atoms with Gasteiger partial charge in [0.2, 0.25) is 5.56 Å². The van der Waals surface area contributed by atoms with Crippen LogP contribution in [0.25, 0.3) is 22.1 Å². The molecule has 4 atom stereocenters. The van der Waals surface area contributed by atoms with E-state index in [1.165, 1.54) is 24.8 Å². The van der Waals surface area contributed by atoms with Gasteiger partial charge in [-0.3, -0.25) is 4.79 Å². The van der Waals surface area contributed by atoms with Crippen molar-refractivity contribution in [2.75, 3.05) is 12.9 Å². The summed E-state index contributed by atoms with van der Waals surface area (Å²) >= 11 is 1.36. The molecule has 0 bridgehead atoms. The SMILES string of the molecule is CSc1nc2[nH]c(=O)ccc3c([C@@H]4O[C@H](CO)[C@@H](O)[C@@]4(C)O)nc([nH]1)c23. The minimum Gasteiger partial charge on any atom is -0.394 e. The van der Waals surface area contributed by atoms with E-state index in [1.807, 2.05) is 6.26 Å². The van der Waals surface area contributed by atoms with E-state index >= 15 is 0 Å². The van der Waals surface area contributed by atoms with E-state index in [0.29, 0.717) is 32.9 Å². The number of thioether (sulfide) groups is 1. The third kappa shape index (κ3) is 2.45. The molecule has 0 radical (unpaired) electrons. The number of aromatic nitrogens is 4. The second-order valence-corrected chi connectivity index (χ2v) is 7.25. The summed E-state index contributed by atoms with van der Waals surface area (Å²) in [5.74, 6) is 0. The molecule has 26 heavy (non-hydrogen) atoms. The lowest BCUT2D eigenvalue weighted by atomic mass is 9.90. The first-order valence-corrected chi connectivity index (χ1v) is 9.22. The standard InChI is InChI=1S/C16H18N4O5S/c1-16(24)11(23)7(5-21)25-12(16)10-6-3-4-8(22)17-13-9(6)14(18-10)20-15(19-13)26-2/h3-4,7,11-12,21,23-24H,5H2,1-2H3,(H2,17,18,19,20,22)/t7-,11-,12+,16-/m1/s1. The van der Waals surface area contributed by atoms with Gasteiger partial charge in [0.05, 0.1) is 17.7 Å². The number of H-pyrrole nitrogens is 2. The summed E-state index contributed by atoms with van der Waals surface area (Å²) in [6.07, 6.45) is -1.34. The first-order valence-electron chi connectivity index (χ1n) is 8.00. The van der Waals surface area contributed by atoms with Gasteiger partial charge in [-0.05, 0) is 19.2 Å². The quantitative estimate of drug-likeness (QED) is 0.318. The lowest BCUT2D eigenvalue weighted by molar-refractivity contribution is -0.0652. The lowest BCUT2D eigenvalue weighted by Crippen LogP contribution is -2.43. The fraction of sp³-hybridized carbons (Fsp3) is 0.438. The van der Waals surface area contributed by atoms with Crippen molar-refractivity contribution in [1.29, 1.82) is 0 Å². The highest BCUT2D eigenvalue weighted by molar-refractivity contribution is 7.98. The van der Waals surface area contributed by atoms with Crippen LogP contribution in [-0.2, 0) is 4.74 Å². The molecule has 4 heterocycles. The van der Waals surface area contributed by atoms with Gasteiger partial charge in [0.15, 0.2) is 5.16 Å². The van der Waals surface area contributed by atoms with Crippen LogP contribution >= 0.6 is 11.8 Å². The summed E-state index contributed by atoms with van der Waals surface area (Å²) in [5, 5.41) is 32.2. The molecular weight excluding hydrogens is 360 g/mol. The van der Waals surface area contributed by atoms with Crippen molar-refractivity contribution in [1.82, 2.24) is 19.9 Å². The van der Waals surface area contributed by atoms with Crippen molar-refractivity contribution in [3.8, 4) is 0 Å². The van der Waals surface area contributed by atoms with Gasteiger partial charge < -0.3 is 30.0 Å². The molecule has 1 saturated heterocycles. The van der Waals surface area contributed by atoms with Gasteiger partial charge in [0, 0.05) is 11.5 Å². The molecule has 138 valence electrons. The van der Waals surface area contributed by atoms with Crippen LogP contribution < -0.4 is 5.56 Å². The van der Waals surface area contributed by atoms with Crippen molar-refractivity contribution in [3.05, 3.63) is 28.2 Å². The van der Waals surface area contributed by atoms with E-state index in [4.69, 9.17) is 4.74 Å². The first kappa shape index (κ1) is 17.4. The van der Waals surface area contributed by atoms with Gasteiger partial charge in [-0.15, -0.1) is 0 Å². The molecule has 0 spiro atoms. The highest BCUT2D eigenvalue weighted by atomic mass is 32.2. The summed E-state index contributed by atoms with van der Waals surface area (Å²) in [6, 6.07) is 2.94. The van der Waals surface area contributed by atoms with E-state index in [1.54, 1.807) is 6.07 Å². The maximum Gasteiger partial charge on any atom is 0.249 e. The molecule has 0 amide bonds. The van der Waals surface area contributed by atoms with Crippen LogP contribution in [0, 0.1) is 0 Å². The number of nitrogens with zero attached hydrogens (tertiary/aromatic N) is 2. The van der Waals surface area contributed by atoms with Gasteiger partial charge in [-0.2, -0.15) is 0 Å². The molecule has 3 aromatic heterocycles. The van der Waals surface area contributed by atoms with Crippen molar-refractivity contribution >= 4 is 33.8 Å². The van der Waals surface area contributed by atoms with Gasteiger partial charge in [0.1, 0.15) is 35.2 Å². The maximum absolute atomic E-state index is 12.0. The molecule has 1 aliphatic heterocycles. The Bertz CT molecular complexity index is 1050. The van der Waals surface area contributed by atoms with Crippen LogP contribution in [0.3, 0.4) is 0 Å². The molecule has 4 rings (SSSR count). The van der Waals surface area contributed by atoms with Crippen LogP contribution in [0.4, 0.5) is 0 Å². The average Bonchev–Trinajstić information content (AvgIpc) is 3.00. The average molecular weight is 378 g/mol. The fourth-order valence-electron chi connectivity index (χ4n) is 3.38. The summed E-state index contributed by atoms with van der Waals surface area (Å²) < 4.78 is 5.69. The third-order valence-electron chi connectivity index (χ3n) is 4.75. The maximum atomic E-state index is 12.0. The van der Waals surface area contributed by atoms with Gasteiger partial charge in [-0.1, -0.05) is 11.8 Å². The second-order valence-electron chi connectivity index (χ2n) is 6.46. The Morgan fingerprint density at radius 1 is 1.31 bits per heavy atom. The predicted octanol–water partition coefficient (Wildman–Crippen LogP) is 0.0654. The molecule has 3 aromatic rings. The van der Waals surface area contributed by atoms with E-state index < -0.39 is 30.5 Å². The Kier molecular flexibility index (Phi) is 4.04. The Labute approximate surface area is 151 Å². The topological polar surface area (TPSA) is 144 Å². The second kappa shape index (κ2) is 6.03. The zero-order chi connectivity index (χ0) is 18.6. The number of aromatic amines is 2. The summed E-state index contributed by atoms with van der Waals surface area (Å²) in [6.45, 7) is 0.999. The largest absolute Gasteiger partial charge is 0.394 e. The Balaban J connectivity index is 2.02. The van der Waals surface area contributed by atoms with Crippen molar-refractivity contribution in [2.45, 2.75) is 36.0 Å². The van der Waals surface area contributed by atoms with Crippen molar-refractivity contribution in [3.63, 3.8) is 0 Å². The first-order chi connectivity index (χ1) is 12.4. The van der Waals surface area contributed by atoms with Gasteiger partial charge in [0.25, 0.3) is 0 Å². The van der Waals surface area contributed by atoms with Crippen molar-refractivity contribution < 1.29 is 20.1 Å². The Hall–Kier alpha value is -1.98. The number of hydrogen-bond acceptors (Lipinski definition) is 8. The molecule has 0 aliphatic carbocycles. The van der Waals surface area contributed by atoms with E-state index in [2.05, 4.69) is 19.9 Å². The smallest absolute Gasteiger partial charge is 0.249 e. The zero-order valence-electron chi connectivity index (χ0n) is 14.1. The summed E-state index contributed by atoms with van der Waals surface area (Å²) in [7, 11) is 0. The minimum atomic E-state index is -1.66. The Morgan fingerprint density at radius 2 is 2.04 bits per heavy atom. The molecule has 9 nitrogen and oxygen atoms in total. The number of hydrogen-bond donors (Lipinski definition) is 5. The predicted molar refractivity (Wildman–Crippen MR) is 95.1 cm³/mol. The van der Waals surface area contributed by atoms with E-state index in [-0.39, 0.29) is 5.56 Å². The molecule has 1 aliphatic rings. The van der Waals surface area contributed by atoms with Gasteiger partial charge in [-0.25, -0.2) is 9.97 Å². The molecule has 0 unspecified atom stereocenters. The fourth-order valence-corrected chi connectivity index (χ4v) is 3.77. The molecule has 1 fully saturated rings. The monoisotopic (exact) mass is 378 g/mol. The van der Waals surface area contributed by atoms with Crippen LogP contribution in [0.5, 0.6) is 0 Å². The number of rotatable bonds is 3. The lowest BCUT2D eigenvalue weighted by Gasteiger charge is -2.25. The van der Waals surface area contributed by atoms with Crippen LogP contribution in [0.1, 0.15) is 18.7 Å². The van der Waals surface area contributed by atoms with Gasteiger partial charge >= 0.3 is 0 Å². The van der Waals surface area contributed by atoms with E-state index in [0.717, 1.165) is 0 Å². The summed E-state index contributed by atoms with van der Waals surface area (Å²) in [4.78, 5) is 26.7. The molecule has 0 saturated carbocycles. The van der Waals surface area contributed by atoms with E-state index in [9.17, 15) is 20.1 Å². The molecular formula is C16H18N4O5S. The van der Waals surface area contributed by atoms with Crippen LogP contribution in [0.15, 0.2) is 22.1 Å². The molecule has 0 aromatic carbocycles.